The first-order chi connectivity index (χ1) is 35.9. The summed E-state index contributed by atoms with van der Waals surface area (Å²) in [5, 5.41) is 0. The number of hydrogen-bond donors (Lipinski definition) is 0. The maximum atomic E-state index is 6.59. The van der Waals surface area contributed by atoms with Gasteiger partial charge in [-0.1, -0.05) is 178 Å². The zero-order valence-electron chi connectivity index (χ0n) is 49.2. The quantitative estimate of drug-likeness (QED) is 0.0850. The van der Waals surface area contributed by atoms with Crippen LogP contribution in [0, 0.1) is 11.8 Å². The highest BCUT2D eigenvalue weighted by atomic mass is 16.7. The van der Waals surface area contributed by atoms with Gasteiger partial charge in [0.05, 0.1) is 33.5 Å². The highest BCUT2D eigenvalue weighted by molar-refractivity contribution is 6.62. The van der Waals surface area contributed by atoms with Crippen LogP contribution in [-0.4, -0.2) is 36.6 Å². The highest BCUT2D eigenvalue weighted by Gasteiger charge is 2.55. The molecular formula is C69H87B2NO4. The molecule has 0 radical (unpaired) electrons. The first-order valence-corrected chi connectivity index (χ1v) is 29.2. The lowest BCUT2D eigenvalue weighted by molar-refractivity contribution is 0.00578. The van der Waals surface area contributed by atoms with Crippen molar-refractivity contribution in [2.45, 2.75) is 201 Å². The molecule has 10 rings (SSSR count). The standard InChI is InChI=1S/C69H87B2NO4/c1-17-67(15,42-22-24-46(3)4)48-30-40-54-55-41-31-49(68(16,18-2)43-23-25-47(5)6)45-60(55)69(59(54)44-48)57-27-20-19-26-56(57)62-58(69)28-21-29-61(62)72(52-36-32-50(33-37-52)70-73-63(7,8)64(9,10)74-70)53-38-34-51(35-39-53)71-75-65(11,12)66(13,14)76-71/h19-21,26-41,44-47H,17-18,22-25,42-43H2,1-16H3. The molecule has 2 saturated heterocycles. The van der Waals surface area contributed by atoms with Gasteiger partial charge >= 0.3 is 14.2 Å². The fraction of sp³-hybridized carbons (Fsp3) is 0.478. The SMILES string of the molecule is CCC(C)(CCCC(C)C)c1ccc2c(c1)C1(c3cc(C(C)(CC)CCCC(C)C)ccc3-2)c2ccccc2-c2c(N(c3ccc(B4OC(C)(C)C(C)(C)O4)cc3)c3ccc(B4OC(C)(C)C(C)(C)O4)cc3)cccc21. The van der Waals surface area contributed by atoms with E-state index in [1.807, 2.05) is 0 Å². The summed E-state index contributed by atoms with van der Waals surface area (Å²) in [6.07, 6.45) is 9.45. The first-order valence-electron chi connectivity index (χ1n) is 29.2. The van der Waals surface area contributed by atoms with Gasteiger partial charge in [0.2, 0.25) is 0 Å². The molecule has 2 heterocycles. The third-order valence-corrected chi connectivity index (χ3v) is 19.8. The number of benzene rings is 6. The van der Waals surface area contributed by atoms with E-state index >= 15 is 0 Å². The molecule has 2 atom stereocenters. The van der Waals surface area contributed by atoms with Crippen molar-refractivity contribution in [2.24, 2.45) is 11.8 Å². The summed E-state index contributed by atoms with van der Waals surface area (Å²) < 4.78 is 26.4. The molecule has 4 aliphatic rings. The van der Waals surface area contributed by atoms with Crippen LogP contribution in [0.15, 0.2) is 127 Å². The Morgan fingerprint density at radius 1 is 0.461 bits per heavy atom. The molecular weight excluding hydrogens is 928 g/mol. The van der Waals surface area contributed by atoms with Crippen molar-refractivity contribution < 1.29 is 18.6 Å². The van der Waals surface area contributed by atoms with Gasteiger partial charge in [0.15, 0.2) is 0 Å². The van der Waals surface area contributed by atoms with Crippen LogP contribution in [0.4, 0.5) is 17.1 Å². The van der Waals surface area contributed by atoms with Crippen molar-refractivity contribution >= 4 is 42.2 Å². The first kappa shape index (κ1) is 54.4. The lowest BCUT2D eigenvalue weighted by Crippen LogP contribution is -2.41. The van der Waals surface area contributed by atoms with Gasteiger partial charge in [-0.3, -0.25) is 0 Å². The Bertz CT molecular complexity index is 2910. The fourth-order valence-electron chi connectivity index (χ4n) is 12.9. The Labute approximate surface area is 459 Å². The van der Waals surface area contributed by atoms with Gasteiger partial charge in [0, 0.05) is 16.9 Å². The van der Waals surface area contributed by atoms with Crippen molar-refractivity contribution in [1.82, 2.24) is 0 Å². The fourth-order valence-corrected chi connectivity index (χ4v) is 12.9. The topological polar surface area (TPSA) is 40.2 Å². The maximum Gasteiger partial charge on any atom is 0.494 e. The summed E-state index contributed by atoms with van der Waals surface area (Å²) >= 11 is 0. The average molecular weight is 1020 g/mol. The summed E-state index contributed by atoms with van der Waals surface area (Å²) in [5.41, 5.74) is 16.6. The van der Waals surface area contributed by atoms with E-state index in [4.69, 9.17) is 18.6 Å². The van der Waals surface area contributed by atoms with Gasteiger partial charge in [-0.15, -0.1) is 0 Å². The van der Waals surface area contributed by atoms with Gasteiger partial charge in [-0.2, -0.15) is 0 Å². The average Bonchev–Trinajstić information content (AvgIpc) is 4.22. The highest BCUT2D eigenvalue weighted by Crippen LogP contribution is 2.65. The third kappa shape index (κ3) is 9.05. The van der Waals surface area contributed by atoms with E-state index < -0.39 is 42.1 Å². The summed E-state index contributed by atoms with van der Waals surface area (Å²) in [7, 11) is -0.933. The monoisotopic (exact) mass is 1020 g/mol. The molecule has 398 valence electrons. The summed E-state index contributed by atoms with van der Waals surface area (Å²) in [5.74, 6) is 1.38. The maximum absolute atomic E-state index is 6.59. The van der Waals surface area contributed by atoms with Crippen molar-refractivity contribution in [3.63, 3.8) is 0 Å². The number of rotatable bonds is 17. The Balaban J connectivity index is 1.19. The molecule has 0 amide bonds. The zero-order valence-corrected chi connectivity index (χ0v) is 49.2. The molecule has 2 fully saturated rings. The predicted molar refractivity (Wildman–Crippen MR) is 322 cm³/mol. The van der Waals surface area contributed by atoms with Crippen LogP contribution in [0.1, 0.15) is 196 Å². The largest absolute Gasteiger partial charge is 0.494 e. The number of nitrogens with zero attached hydrogens (tertiary/aromatic N) is 1. The molecule has 76 heavy (non-hydrogen) atoms. The minimum absolute atomic E-state index is 0.0420. The van der Waals surface area contributed by atoms with Crippen LogP contribution in [0.2, 0.25) is 0 Å². The van der Waals surface area contributed by atoms with E-state index in [1.54, 1.807) is 0 Å². The van der Waals surface area contributed by atoms with E-state index in [2.05, 4.69) is 243 Å². The van der Waals surface area contributed by atoms with Crippen LogP contribution < -0.4 is 15.8 Å². The Morgan fingerprint density at radius 2 is 0.868 bits per heavy atom. The summed E-state index contributed by atoms with van der Waals surface area (Å²) in [4.78, 5) is 2.46. The van der Waals surface area contributed by atoms with E-state index in [1.165, 1.54) is 94.2 Å². The van der Waals surface area contributed by atoms with Gasteiger partial charge in [0.1, 0.15) is 0 Å². The second kappa shape index (κ2) is 19.8. The van der Waals surface area contributed by atoms with Crippen LogP contribution in [0.5, 0.6) is 0 Å². The molecule has 0 bridgehead atoms. The van der Waals surface area contributed by atoms with Crippen molar-refractivity contribution in [3.8, 4) is 22.3 Å². The molecule has 1 spiro atoms. The van der Waals surface area contributed by atoms with Crippen molar-refractivity contribution in [1.29, 1.82) is 0 Å². The Morgan fingerprint density at radius 3 is 1.28 bits per heavy atom. The molecule has 0 N–H and O–H groups in total. The molecule has 6 aromatic rings. The van der Waals surface area contributed by atoms with E-state index in [-0.39, 0.29) is 10.8 Å². The van der Waals surface area contributed by atoms with E-state index in [9.17, 15) is 0 Å². The minimum atomic E-state index is -0.551. The van der Waals surface area contributed by atoms with Gasteiger partial charge < -0.3 is 23.5 Å². The molecule has 0 saturated carbocycles. The predicted octanol–water partition coefficient (Wildman–Crippen LogP) is 17.1. The summed E-state index contributed by atoms with van der Waals surface area (Å²) in [6.45, 7) is 36.2. The van der Waals surface area contributed by atoms with Gasteiger partial charge in [-0.05, 0) is 195 Å². The molecule has 2 unspecified atom stereocenters. The van der Waals surface area contributed by atoms with E-state index in [0.717, 1.165) is 40.8 Å². The third-order valence-electron chi connectivity index (χ3n) is 19.8. The van der Waals surface area contributed by atoms with Crippen LogP contribution in [-0.2, 0) is 34.9 Å². The van der Waals surface area contributed by atoms with Crippen LogP contribution >= 0.6 is 0 Å². The lowest BCUT2D eigenvalue weighted by Gasteiger charge is -2.35. The number of fused-ring (bicyclic) bond motifs is 10. The molecule has 2 aliphatic heterocycles. The van der Waals surface area contributed by atoms with Crippen LogP contribution in [0.25, 0.3) is 22.3 Å². The van der Waals surface area contributed by atoms with Crippen LogP contribution in [0.3, 0.4) is 0 Å². The van der Waals surface area contributed by atoms with Gasteiger partial charge in [0.25, 0.3) is 0 Å². The zero-order chi connectivity index (χ0) is 54.4. The molecule has 5 nitrogen and oxygen atoms in total. The smallest absolute Gasteiger partial charge is 0.399 e. The van der Waals surface area contributed by atoms with Crippen molar-refractivity contribution in [2.75, 3.05) is 4.90 Å². The number of anilines is 3. The molecule has 6 aromatic carbocycles. The molecule has 7 heteroatoms. The number of hydrogen-bond acceptors (Lipinski definition) is 5. The second-order valence-electron chi connectivity index (χ2n) is 26.6. The second-order valence-corrected chi connectivity index (χ2v) is 26.6. The minimum Gasteiger partial charge on any atom is -0.399 e. The molecule has 0 aromatic heterocycles. The Kier molecular flexibility index (Phi) is 14.2. The Hall–Kier alpha value is -4.91. The van der Waals surface area contributed by atoms with E-state index in [0.29, 0.717) is 11.8 Å². The molecule has 2 aliphatic carbocycles. The van der Waals surface area contributed by atoms with Gasteiger partial charge in [-0.25, -0.2) is 0 Å². The van der Waals surface area contributed by atoms with Crippen molar-refractivity contribution in [3.05, 3.63) is 161 Å². The normalized spacial score (nSPS) is 20.9. The lowest BCUT2D eigenvalue weighted by atomic mass is 9.67. The summed E-state index contributed by atoms with van der Waals surface area (Å²) in [6, 6.07) is 49.5.